The molecular weight excluding hydrogens is 238 g/mol. The maximum atomic E-state index is 12.3. The third kappa shape index (κ3) is 3.94. The Bertz CT molecular complexity index is 414. The maximum Gasteiger partial charge on any atom is 0.255 e. The first-order valence-electron chi connectivity index (χ1n) is 7.30. The third-order valence-corrected chi connectivity index (χ3v) is 3.57. The van der Waals surface area contributed by atoms with Crippen LogP contribution in [0.2, 0.25) is 0 Å². The van der Waals surface area contributed by atoms with Crippen molar-refractivity contribution in [3.8, 4) is 0 Å². The van der Waals surface area contributed by atoms with Crippen LogP contribution in [0.15, 0.2) is 18.5 Å². The van der Waals surface area contributed by atoms with E-state index in [0.29, 0.717) is 11.6 Å². The van der Waals surface area contributed by atoms with Crippen LogP contribution >= 0.6 is 0 Å². The Morgan fingerprint density at radius 1 is 1.37 bits per heavy atom. The largest absolute Gasteiger partial charge is 0.384 e. The molecule has 1 aliphatic rings. The van der Waals surface area contributed by atoms with Gasteiger partial charge in [0.2, 0.25) is 0 Å². The van der Waals surface area contributed by atoms with Gasteiger partial charge in [0.15, 0.2) is 0 Å². The quantitative estimate of drug-likeness (QED) is 0.856. The minimum absolute atomic E-state index is 0.00129. The molecule has 0 bridgehead atoms. The van der Waals surface area contributed by atoms with Crippen LogP contribution in [0.4, 0.5) is 5.69 Å². The van der Waals surface area contributed by atoms with Gasteiger partial charge >= 0.3 is 0 Å². The zero-order valence-electron chi connectivity index (χ0n) is 11.6. The number of hydrogen-bond acceptors (Lipinski definition) is 3. The van der Waals surface area contributed by atoms with Crippen LogP contribution in [0.5, 0.6) is 0 Å². The van der Waals surface area contributed by atoms with E-state index in [0.717, 1.165) is 31.5 Å². The van der Waals surface area contributed by atoms with Crippen molar-refractivity contribution in [2.45, 2.75) is 51.5 Å². The van der Waals surface area contributed by atoms with Crippen molar-refractivity contribution in [1.82, 2.24) is 10.3 Å². The Labute approximate surface area is 115 Å². The van der Waals surface area contributed by atoms with Crippen LogP contribution in [0, 0.1) is 0 Å². The highest BCUT2D eigenvalue weighted by atomic mass is 16.1. The van der Waals surface area contributed by atoms with Gasteiger partial charge in [-0.15, -0.1) is 0 Å². The van der Waals surface area contributed by atoms with Gasteiger partial charge in [-0.2, -0.15) is 0 Å². The van der Waals surface area contributed by atoms with Gasteiger partial charge in [0.05, 0.1) is 11.3 Å². The summed E-state index contributed by atoms with van der Waals surface area (Å²) < 4.78 is 0. The van der Waals surface area contributed by atoms with Crippen LogP contribution in [-0.4, -0.2) is 23.5 Å². The summed E-state index contributed by atoms with van der Waals surface area (Å²) in [5.41, 5.74) is 1.53. The first kappa shape index (κ1) is 13.8. The average Bonchev–Trinajstić information content (AvgIpc) is 2.46. The Hall–Kier alpha value is -1.58. The summed E-state index contributed by atoms with van der Waals surface area (Å²) in [6, 6.07) is 2.20. The summed E-state index contributed by atoms with van der Waals surface area (Å²) in [6.07, 6.45) is 10.3. The summed E-state index contributed by atoms with van der Waals surface area (Å²) in [5.74, 6) is -0.00129. The Kier molecular flexibility index (Phi) is 5.19. The van der Waals surface area contributed by atoms with Crippen molar-refractivity contribution in [2.75, 3.05) is 11.9 Å². The minimum atomic E-state index is -0.00129. The third-order valence-electron chi connectivity index (χ3n) is 3.57. The van der Waals surface area contributed by atoms with Gasteiger partial charge in [-0.1, -0.05) is 26.2 Å². The van der Waals surface area contributed by atoms with Crippen molar-refractivity contribution in [2.24, 2.45) is 0 Å². The lowest BCUT2D eigenvalue weighted by atomic mass is 9.95. The molecule has 0 unspecified atom stereocenters. The summed E-state index contributed by atoms with van der Waals surface area (Å²) >= 11 is 0. The molecular formula is C15H23N3O. The lowest BCUT2D eigenvalue weighted by Gasteiger charge is -2.23. The van der Waals surface area contributed by atoms with E-state index in [2.05, 4.69) is 22.5 Å². The second-order valence-corrected chi connectivity index (χ2v) is 5.16. The molecule has 4 heteroatoms. The molecule has 2 N–H and O–H groups in total. The number of amides is 1. The van der Waals surface area contributed by atoms with Gasteiger partial charge in [-0.3, -0.25) is 9.78 Å². The molecule has 0 radical (unpaired) electrons. The smallest absolute Gasteiger partial charge is 0.255 e. The SMILES string of the molecule is CCCNc1ccncc1C(=O)NC1CCCCC1. The topological polar surface area (TPSA) is 54.0 Å². The van der Waals surface area contributed by atoms with E-state index in [1.165, 1.54) is 19.3 Å². The van der Waals surface area contributed by atoms with Crippen molar-refractivity contribution < 1.29 is 4.79 Å². The lowest BCUT2D eigenvalue weighted by Crippen LogP contribution is -2.36. The molecule has 1 aromatic rings. The Balaban J connectivity index is 2.00. The minimum Gasteiger partial charge on any atom is -0.384 e. The van der Waals surface area contributed by atoms with Crippen LogP contribution in [0.1, 0.15) is 55.8 Å². The molecule has 1 saturated carbocycles. The first-order chi connectivity index (χ1) is 9.31. The number of carbonyl (C=O) groups is 1. The highest BCUT2D eigenvalue weighted by Gasteiger charge is 2.18. The van der Waals surface area contributed by atoms with Gasteiger partial charge in [0.25, 0.3) is 5.91 Å². The fourth-order valence-electron chi connectivity index (χ4n) is 2.50. The standard InChI is InChI=1S/C15H23N3O/c1-2-9-17-14-8-10-16-11-13(14)15(19)18-12-6-4-3-5-7-12/h8,10-12H,2-7,9H2,1H3,(H,16,17)(H,18,19). The van der Waals surface area contributed by atoms with E-state index in [4.69, 9.17) is 0 Å². The molecule has 2 rings (SSSR count). The molecule has 0 aliphatic heterocycles. The number of anilines is 1. The molecule has 4 nitrogen and oxygen atoms in total. The average molecular weight is 261 g/mol. The zero-order chi connectivity index (χ0) is 13.5. The molecule has 0 atom stereocenters. The predicted octanol–water partition coefficient (Wildman–Crippen LogP) is 2.97. The highest BCUT2D eigenvalue weighted by molar-refractivity contribution is 5.99. The molecule has 0 aromatic carbocycles. The van der Waals surface area contributed by atoms with E-state index in [9.17, 15) is 4.79 Å². The van der Waals surface area contributed by atoms with E-state index in [1.807, 2.05) is 6.07 Å². The molecule has 1 heterocycles. The lowest BCUT2D eigenvalue weighted by molar-refractivity contribution is 0.0928. The molecule has 1 aliphatic carbocycles. The van der Waals surface area contributed by atoms with E-state index >= 15 is 0 Å². The molecule has 1 fully saturated rings. The monoisotopic (exact) mass is 261 g/mol. The molecule has 104 valence electrons. The molecule has 0 saturated heterocycles. The van der Waals surface area contributed by atoms with E-state index in [1.54, 1.807) is 12.4 Å². The fourth-order valence-corrected chi connectivity index (χ4v) is 2.50. The summed E-state index contributed by atoms with van der Waals surface area (Å²) in [7, 11) is 0. The van der Waals surface area contributed by atoms with Gasteiger partial charge in [-0.05, 0) is 25.3 Å². The highest BCUT2D eigenvalue weighted by Crippen LogP contribution is 2.19. The fraction of sp³-hybridized carbons (Fsp3) is 0.600. The van der Waals surface area contributed by atoms with Crippen LogP contribution in [0.25, 0.3) is 0 Å². The molecule has 19 heavy (non-hydrogen) atoms. The number of aromatic nitrogens is 1. The number of hydrogen-bond donors (Lipinski definition) is 2. The van der Waals surface area contributed by atoms with Crippen molar-refractivity contribution in [3.63, 3.8) is 0 Å². The van der Waals surface area contributed by atoms with Gasteiger partial charge in [0, 0.05) is 25.0 Å². The van der Waals surface area contributed by atoms with Crippen LogP contribution in [-0.2, 0) is 0 Å². The van der Waals surface area contributed by atoms with Gasteiger partial charge in [0.1, 0.15) is 0 Å². The van der Waals surface area contributed by atoms with E-state index in [-0.39, 0.29) is 5.91 Å². The molecule has 1 amide bonds. The second-order valence-electron chi connectivity index (χ2n) is 5.16. The normalized spacial score (nSPS) is 16.1. The van der Waals surface area contributed by atoms with Crippen molar-refractivity contribution in [3.05, 3.63) is 24.0 Å². The number of nitrogens with one attached hydrogen (secondary N) is 2. The summed E-state index contributed by atoms with van der Waals surface area (Å²) in [6.45, 7) is 2.98. The Morgan fingerprint density at radius 2 is 2.16 bits per heavy atom. The van der Waals surface area contributed by atoms with Gasteiger partial charge < -0.3 is 10.6 Å². The number of pyridine rings is 1. The maximum absolute atomic E-state index is 12.3. The first-order valence-corrected chi connectivity index (χ1v) is 7.30. The van der Waals surface area contributed by atoms with Crippen LogP contribution < -0.4 is 10.6 Å². The summed E-state index contributed by atoms with van der Waals surface area (Å²) in [4.78, 5) is 16.4. The Morgan fingerprint density at radius 3 is 2.89 bits per heavy atom. The second kappa shape index (κ2) is 7.12. The predicted molar refractivity (Wildman–Crippen MR) is 77.4 cm³/mol. The summed E-state index contributed by atoms with van der Waals surface area (Å²) in [5, 5.41) is 6.41. The van der Waals surface area contributed by atoms with E-state index < -0.39 is 0 Å². The number of rotatable bonds is 5. The number of nitrogens with zero attached hydrogens (tertiary/aromatic N) is 1. The van der Waals surface area contributed by atoms with Crippen LogP contribution in [0.3, 0.4) is 0 Å². The molecule has 0 spiro atoms. The van der Waals surface area contributed by atoms with Crippen molar-refractivity contribution >= 4 is 11.6 Å². The zero-order valence-corrected chi connectivity index (χ0v) is 11.6. The number of carbonyl (C=O) groups excluding carboxylic acids is 1. The van der Waals surface area contributed by atoms with Crippen molar-refractivity contribution in [1.29, 1.82) is 0 Å². The molecule has 1 aromatic heterocycles. The van der Waals surface area contributed by atoms with Gasteiger partial charge in [-0.25, -0.2) is 0 Å².